The van der Waals surface area contributed by atoms with Crippen LogP contribution in [-0.4, -0.2) is 88.9 Å². The number of rotatable bonds is 14. The number of ether oxygens (including phenoxy) is 1. The molecule has 1 saturated heterocycles. The highest BCUT2D eigenvalue weighted by molar-refractivity contribution is 5.94. The van der Waals surface area contributed by atoms with Gasteiger partial charge in [0.1, 0.15) is 18.1 Å². The van der Waals surface area contributed by atoms with Crippen LogP contribution < -0.4 is 27.8 Å². The zero-order valence-corrected chi connectivity index (χ0v) is 23.1. The molecule has 0 bridgehead atoms. The van der Waals surface area contributed by atoms with Gasteiger partial charge < -0.3 is 42.5 Å². The second-order valence-corrected chi connectivity index (χ2v) is 9.86. The molecule has 2 heterocycles. The van der Waals surface area contributed by atoms with Crippen molar-refractivity contribution in [2.45, 2.75) is 62.7 Å². The average Bonchev–Trinajstić information content (AvgIpc) is 3.66. The van der Waals surface area contributed by atoms with Crippen molar-refractivity contribution < 1.29 is 23.9 Å². The number of esters is 1. The van der Waals surface area contributed by atoms with Gasteiger partial charge in [-0.25, -0.2) is 9.78 Å². The van der Waals surface area contributed by atoms with Crippen LogP contribution in [0.5, 0.6) is 0 Å². The Hall–Kier alpha value is -4.46. The first kappa shape index (κ1) is 31.1. The lowest BCUT2D eigenvalue weighted by Crippen LogP contribution is -2.57. The number of nitrogens with zero attached hydrogens (tertiary/aromatic N) is 3. The van der Waals surface area contributed by atoms with E-state index in [0.717, 1.165) is 5.56 Å². The Kier molecular flexibility index (Phi) is 11.6. The van der Waals surface area contributed by atoms with Gasteiger partial charge in [-0.15, -0.1) is 0 Å². The molecule has 0 spiro atoms. The fourth-order valence-electron chi connectivity index (χ4n) is 4.71. The van der Waals surface area contributed by atoms with E-state index in [1.54, 1.807) is 6.20 Å². The molecule has 4 atom stereocenters. The normalized spacial score (nSPS) is 16.7. The average molecular weight is 570 g/mol. The number of aliphatic imine (C=N–C) groups is 1. The number of imidazole rings is 1. The zero-order valence-electron chi connectivity index (χ0n) is 23.1. The van der Waals surface area contributed by atoms with Crippen LogP contribution in [0.25, 0.3) is 0 Å². The minimum Gasteiger partial charge on any atom is -0.467 e. The third-order valence-electron chi connectivity index (χ3n) is 6.82. The molecule has 1 aromatic carbocycles. The van der Waals surface area contributed by atoms with E-state index in [1.165, 1.54) is 18.3 Å². The molecule has 9 N–H and O–H groups in total. The molecule has 1 aliphatic heterocycles. The van der Waals surface area contributed by atoms with E-state index >= 15 is 0 Å². The summed E-state index contributed by atoms with van der Waals surface area (Å²) in [4.78, 5) is 64.7. The minimum absolute atomic E-state index is 0.0329. The number of hydrogen-bond acceptors (Lipinski definition) is 8. The summed E-state index contributed by atoms with van der Waals surface area (Å²) in [6, 6.07) is 5.54. The van der Waals surface area contributed by atoms with Gasteiger partial charge in [-0.05, 0) is 31.2 Å². The maximum atomic E-state index is 13.5. The molecule has 14 heteroatoms. The summed E-state index contributed by atoms with van der Waals surface area (Å²) in [7, 11) is 1.23. The Morgan fingerprint density at radius 1 is 1.15 bits per heavy atom. The van der Waals surface area contributed by atoms with Crippen molar-refractivity contribution in [1.82, 2.24) is 25.5 Å². The van der Waals surface area contributed by atoms with Crippen LogP contribution in [0.15, 0.2) is 47.8 Å². The van der Waals surface area contributed by atoms with Crippen molar-refractivity contribution in [2.75, 3.05) is 20.2 Å². The summed E-state index contributed by atoms with van der Waals surface area (Å²) in [5, 5.41) is 5.52. The van der Waals surface area contributed by atoms with Gasteiger partial charge in [0, 0.05) is 37.8 Å². The van der Waals surface area contributed by atoms with Crippen molar-refractivity contribution in [3.05, 3.63) is 54.1 Å². The van der Waals surface area contributed by atoms with E-state index in [1.807, 2.05) is 30.3 Å². The third-order valence-corrected chi connectivity index (χ3v) is 6.82. The monoisotopic (exact) mass is 569 g/mol. The van der Waals surface area contributed by atoms with Gasteiger partial charge in [0.05, 0.1) is 19.5 Å². The van der Waals surface area contributed by atoms with Crippen LogP contribution in [0.2, 0.25) is 0 Å². The SMILES string of the molecule is COC(=O)[C@H](Cc1cnc[nH]1)NC(=O)[C@H](Cc1ccccc1)NC(=O)[C@@H]1CCCN1C(=O)[C@@H](N)CCCN=C(N)N. The predicted octanol–water partition coefficient (Wildman–Crippen LogP) is -1.29. The summed E-state index contributed by atoms with van der Waals surface area (Å²) in [6.07, 6.45) is 5.21. The first-order valence-electron chi connectivity index (χ1n) is 13.5. The van der Waals surface area contributed by atoms with Gasteiger partial charge >= 0.3 is 5.97 Å². The van der Waals surface area contributed by atoms with E-state index in [-0.39, 0.29) is 24.7 Å². The van der Waals surface area contributed by atoms with Gasteiger partial charge in [0.15, 0.2) is 5.96 Å². The van der Waals surface area contributed by atoms with Gasteiger partial charge in [-0.3, -0.25) is 19.4 Å². The van der Waals surface area contributed by atoms with Crippen LogP contribution in [0.4, 0.5) is 0 Å². The van der Waals surface area contributed by atoms with Crippen molar-refractivity contribution in [3.8, 4) is 0 Å². The summed E-state index contributed by atoms with van der Waals surface area (Å²) in [5.41, 5.74) is 18.2. The lowest BCUT2D eigenvalue weighted by molar-refractivity contribution is -0.145. The number of carbonyl (C=O) groups excluding carboxylic acids is 4. The fourth-order valence-corrected chi connectivity index (χ4v) is 4.71. The minimum atomic E-state index is -1.02. The molecule has 3 rings (SSSR count). The van der Waals surface area contributed by atoms with E-state index in [2.05, 4.69) is 25.6 Å². The molecule has 0 saturated carbocycles. The summed E-state index contributed by atoms with van der Waals surface area (Å²) in [5.74, 6) is -2.05. The highest BCUT2D eigenvalue weighted by atomic mass is 16.5. The second-order valence-electron chi connectivity index (χ2n) is 9.86. The van der Waals surface area contributed by atoms with Gasteiger partial charge in [0.2, 0.25) is 17.7 Å². The standard InChI is InChI=1S/C27H39N9O5/c1-41-26(40)21(14-18-15-31-16-33-18)35-23(37)20(13-17-7-3-2-4-8-17)34-24(38)22-10-6-12-36(22)25(39)19(28)9-5-11-32-27(29)30/h2-4,7-8,15-16,19-22H,5-6,9-14,28H2,1H3,(H,31,33)(H,34,38)(H,35,37)(H4,29,30,32)/t19-,20-,21-,22-/m0/s1. The number of guanidine groups is 1. The molecular formula is C27H39N9O5. The van der Waals surface area contributed by atoms with Crippen molar-refractivity contribution >= 4 is 29.7 Å². The number of methoxy groups -OCH3 is 1. The fraction of sp³-hybridized carbons (Fsp3) is 0.481. The molecule has 2 aromatic rings. The van der Waals surface area contributed by atoms with Crippen LogP contribution in [0.1, 0.15) is 36.9 Å². The number of hydrogen-bond donors (Lipinski definition) is 6. The number of aromatic nitrogens is 2. The quantitative estimate of drug-likeness (QED) is 0.0688. The zero-order chi connectivity index (χ0) is 29.8. The first-order valence-corrected chi connectivity index (χ1v) is 13.5. The highest BCUT2D eigenvalue weighted by Gasteiger charge is 2.38. The van der Waals surface area contributed by atoms with Gasteiger partial charge in [-0.2, -0.15) is 0 Å². The summed E-state index contributed by atoms with van der Waals surface area (Å²) >= 11 is 0. The number of likely N-dealkylation sites (tertiary alicyclic amines) is 1. The molecule has 1 aromatic heterocycles. The third kappa shape index (κ3) is 9.31. The summed E-state index contributed by atoms with van der Waals surface area (Å²) < 4.78 is 4.88. The van der Waals surface area contributed by atoms with Crippen molar-refractivity contribution in [2.24, 2.45) is 22.2 Å². The summed E-state index contributed by atoms with van der Waals surface area (Å²) in [6.45, 7) is 0.721. The number of benzene rings is 1. The Bertz CT molecular complexity index is 1190. The Morgan fingerprint density at radius 3 is 2.56 bits per heavy atom. The molecule has 1 aliphatic rings. The van der Waals surface area contributed by atoms with Crippen molar-refractivity contribution in [1.29, 1.82) is 0 Å². The maximum absolute atomic E-state index is 13.5. The Balaban J connectivity index is 1.71. The topological polar surface area (TPSA) is 224 Å². The molecule has 3 amide bonds. The molecule has 1 fully saturated rings. The first-order chi connectivity index (χ1) is 19.7. The second kappa shape index (κ2) is 15.4. The highest BCUT2D eigenvalue weighted by Crippen LogP contribution is 2.20. The molecule has 0 unspecified atom stereocenters. The number of H-pyrrole nitrogens is 1. The number of carbonyl (C=O) groups is 4. The largest absolute Gasteiger partial charge is 0.467 e. The van der Waals surface area contributed by atoms with E-state index in [9.17, 15) is 19.2 Å². The molecule has 41 heavy (non-hydrogen) atoms. The molecule has 222 valence electrons. The van der Waals surface area contributed by atoms with Crippen LogP contribution in [0, 0.1) is 0 Å². The van der Waals surface area contributed by atoms with Crippen LogP contribution >= 0.6 is 0 Å². The number of aromatic amines is 1. The molecule has 0 aliphatic carbocycles. The Labute approximate surface area is 238 Å². The van der Waals surface area contributed by atoms with Crippen molar-refractivity contribution in [3.63, 3.8) is 0 Å². The number of nitrogens with one attached hydrogen (secondary N) is 3. The molecule has 0 radical (unpaired) electrons. The smallest absolute Gasteiger partial charge is 0.328 e. The van der Waals surface area contributed by atoms with Gasteiger partial charge in [-0.1, -0.05) is 30.3 Å². The van der Waals surface area contributed by atoms with Crippen LogP contribution in [0.3, 0.4) is 0 Å². The Morgan fingerprint density at radius 2 is 1.90 bits per heavy atom. The predicted molar refractivity (Wildman–Crippen MR) is 151 cm³/mol. The molecule has 14 nitrogen and oxygen atoms in total. The van der Waals surface area contributed by atoms with E-state index in [0.29, 0.717) is 44.5 Å². The lowest BCUT2D eigenvalue weighted by atomic mass is 10.0. The number of nitrogens with two attached hydrogens (primary N) is 3. The van der Waals surface area contributed by atoms with E-state index < -0.39 is 42.0 Å². The van der Waals surface area contributed by atoms with Crippen LogP contribution in [-0.2, 0) is 36.8 Å². The maximum Gasteiger partial charge on any atom is 0.328 e. The molecular weight excluding hydrogens is 530 g/mol. The number of amides is 3. The van der Waals surface area contributed by atoms with Gasteiger partial charge in [0.25, 0.3) is 0 Å². The lowest BCUT2D eigenvalue weighted by Gasteiger charge is -2.29. The van der Waals surface area contributed by atoms with E-state index in [4.69, 9.17) is 21.9 Å².